The number of hydrogen-bond donors (Lipinski definition) is 0. The minimum atomic E-state index is 0.917. The van der Waals surface area contributed by atoms with E-state index in [0.29, 0.717) is 0 Å². The molecule has 24 rings (SSSR count). The molecule has 0 aliphatic carbocycles. The van der Waals surface area contributed by atoms with Crippen LogP contribution >= 0.6 is 34.0 Å². The molecule has 0 aliphatic heterocycles. The van der Waals surface area contributed by atoms with Crippen LogP contribution < -0.4 is 0 Å². The van der Waals surface area contributed by atoms with Crippen molar-refractivity contribution in [2.75, 3.05) is 0 Å². The number of hydrogen-bond acceptors (Lipinski definition) is 9. The Kier molecular flexibility index (Phi) is 15.2. The Morgan fingerprint density at radius 1 is 0.189 bits per heavy atom. The van der Waals surface area contributed by atoms with Crippen molar-refractivity contribution in [1.29, 1.82) is 0 Å². The Bertz CT molecular complexity index is 7700. The Morgan fingerprint density at radius 3 is 0.901 bits per heavy atom. The van der Waals surface area contributed by atoms with Gasteiger partial charge in [0.05, 0.1) is 84.8 Å². The second-order valence-corrected chi connectivity index (χ2v) is 30.4. The molecule has 0 amide bonds. The van der Waals surface area contributed by atoms with E-state index >= 15 is 0 Å². The third kappa shape index (κ3) is 10.4. The number of para-hydroxylation sites is 6. The molecule has 0 fully saturated rings. The predicted molar refractivity (Wildman–Crippen MR) is 462 cm³/mol. The van der Waals surface area contributed by atoms with Crippen molar-refractivity contribution < 1.29 is 0 Å². The smallest absolute Gasteiger partial charge is 0.137 e. The summed E-state index contributed by atoms with van der Waals surface area (Å²) in [5.41, 5.74) is 17.4. The predicted octanol–water partition coefficient (Wildman–Crippen LogP) is 25.2. The van der Waals surface area contributed by atoms with Crippen LogP contribution in [-0.4, -0.2) is 57.3 Å². The van der Waals surface area contributed by atoms with Gasteiger partial charge in [0.15, 0.2) is 0 Å². The van der Waals surface area contributed by atoms with E-state index < -0.39 is 0 Å². The van der Waals surface area contributed by atoms with Gasteiger partial charge in [0.25, 0.3) is 0 Å². The van der Waals surface area contributed by atoms with Gasteiger partial charge in [-0.05, 0) is 97.1 Å². The summed E-state index contributed by atoms with van der Waals surface area (Å²) in [5.74, 6) is 2.76. The highest BCUT2D eigenvalue weighted by molar-refractivity contribution is 7.18. The zero-order valence-corrected chi connectivity index (χ0v) is 61.7. The van der Waals surface area contributed by atoms with E-state index in [1.165, 1.54) is 97.7 Å². The van der Waals surface area contributed by atoms with Gasteiger partial charge in [-0.2, -0.15) is 0 Å². The third-order valence-corrected chi connectivity index (χ3v) is 24.3. The normalized spacial score (nSPS) is 11.8. The number of rotatable bonds is 9. The zero-order chi connectivity index (χ0) is 73.0. The molecular formula is C96H60N12S3. The number of thiazole rings is 3. The Hall–Kier alpha value is -14.2. The minimum absolute atomic E-state index is 0.917. The Labute approximate surface area is 646 Å². The molecular weight excluding hydrogens is 1420 g/mol. The number of fused-ring (bicyclic) bond motifs is 20. The summed E-state index contributed by atoms with van der Waals surface area (Å²) < 4.78 is 14.0. The first-order valence-electron chi connectivity index (χ1n) is 36.8. The van der Waals surface area contributed by atoms with Crippen molar-refractivity contribution in [3.63, 3.8) is 0 Å². The van der Waals surface area contributed by atoms with Gasteiger partial charge in [-0.1, -0.05) is 265 Å². The van der Waals surface area contributed by atoms with Crippen LogP contribution in [-0.2, 0) is 0 Å². The van der Waals surface area contributed by atoms with Crippen LogP contribution in [0.2, 0.25) is 0 Å². The second kappa shape index (κ2) is 26.3. The van der Waals surface area contributed by atoms with Crippen LogP contribution in [0, 0.1) is 0 Å². The number of nitrogens with zero attached hydrogens (tertiary/aromatic N) is 12. The highest BCUT2D eigenvalue weighted by atomic mass is 32.1. The van der Waals surface area contributed by atoms with Gasteiger partial charge in [0, 0.05) is 99.9 Å². The highest BCUT2D eigenvalue weighted by Crippen LogP contribution is 2.47. The van der Waals surface area contributed by atoms with Crippen molar-refractivity contribution in [3.8, 4) is 64.2 Å². The van der Waals surface area contributed by atoms with Crippen molar-refractivity contribution >= 4 is 165 Å². The maximum absolute atomic E-state index is 4.83. The van der Waals surface area contributed by atoms with Gasteiger partial charge in [0.2, 0.25) is 0 Å². The lowest BCUT2D eigenvalue weighted by atomic mass is 10.1. The molecule has 0 saturated carbocycles. The fourth-order valence-electron chi connectivity index (χ4n) is 16.6. The maximum atomic E-state index is 4.83. The van der Waals surface area contributed by atoms with Gasteiger partial charge < -0.3 is 0 Å². The summed E-state index contributed by atoms with van der Waals surface area (Å²) in [5, 5.41) is 21.1. The molecule has 0 N–H and O–H groups in total. The van der Waals surface area contributed by atoms with Crippen molar-refractivity contribution in [2.24, 2.45) is 0 Å². The average molecular weight is 1480 g/mol. The van der Waals surface area contributed by atoms with Crippen LogP contribution in [0.15, 0.2) is 365 Å². The van der Waals surface area contributed by atoms with E-state index in [4.69, 9.17) is 29.9 Å². The summed E-state index contributed by atoms with van der Waals surface area (Å²) in [7, 11) is 0. The van der Waals surface area contributed by atoms with Gasteiger partial charge in [-0.15, -0.1) is 0 Å². The molecule has 15 heteroatoms. The molecule has 0 unspecified atom stereocenters. The van der Waals surface area contributed by atoms with Gasteiger partial charge in [-0.25, -0.2) is 29.9 Å². The number of aromatic nitrogens is 12. The Morgan fingerprint density at radius 2 is 0.477 bits per heavy atom. The largest absolute Gasteiger partial charge is 0.299 e. The molecule has 0 atom stereocenters. The second-order valence-electron chi connectivity index (χ2n) is 27.4. The number of pyridine rings is 3. The van der Waals surface area contributed by atoms with Crippen LogP contribution in [0.4, 0.5) is 0 Å². The van der Waals surface area contributed by atoms with E-state index in [-0.39, 0.29) is 0 Å². The van der Waals surface area contributed by atoms with Crippen LogP contribution in [0.25, 0.3) is 195 Å². The quantitative estimate of drug-likeness (QED) is 0.142. The van der Waals surface area contributed by atoms with Crippen LogP contribution in [0.1, 0.15) is 0 Å². The number of benzene rings is 12. The first-order chi connectivity index (χ1) is 55.1. The molecule has 24 aromatic rings. The SMILES string of the molecule is c1ccc(-c2ncc(-n3c4ccccc4c4c3ccc3c5ccccc5n(-c5ccccn5)c34)s2)cc1.c1ccc(-c2ncc(-n3c4ccccc4c4cc5c(cc43)c3ccccc3n5-c3ccccn3)s2)cc1.c1ccc(-c2ncc(-n3c4ccccc4c4ccc5c(c6ccccc6n5-c5ccccn5)c43)s2)cc1. The molecule has 12 heterocycles. The standard InChI is InChI=1S/3C32H20N4S/c1-2-10-21(11-3-1)32-34-20-29(37-32)35-26-15-7-5-13-24(26)30-27(35)18-17-23-22-12-4-6-14-25(22)36(31(23)30)28-16-8-9-19-33-28;1-2-10-21(11-3-1)32-34-20-29(37-32)36-25-14-6-4-12-22(25)23-17-18-27-30(31(23)36)24-13-5-7-15-26(24)35(27)28-16-8-9-19-33-28;1-2-10-21(11-3-1)32-34-20-31(37-32)36-27-15-7-5-13-23(27)25-18-28-24(19-29(25)36)22-12-4-6-14-26(22)35(28)30-16-8-9-17-33-30/h3*1-20H. The lowest BCUT2D eigenvalue weighted by Gasteiger charge is -2.08. The molecule has 522 valence electrons. The summed E-state index contributed by atoms with van der Waals surface area (Å²) in [4.78, 5) is 28.6. The molecule has 0 bridgehead atoms. The maximum Gasteiger partial charge on any atom is 0.137 e. The van der Waals surface area contributed by atoms with E-state index in [9.17, 15) is 0 Å². The monoisotopic (exact) mass is 1480 g/mol. The molecule has 12 nitrogen and oxygen atoms in total. The van der Waals surface area contributed by atoms with E-state index in [0.717, 1.165) is 97.3 Å². The molecule has 0 saturated heterocycles. The van der Waals surface area contributed by atoms with Gasteiger partial charge in [0.1, 0.15) is 47.5 Å². The minimum Gasteiger partial charge on any atom is -0.299 e. The van der Waals surface area contributed by atoms with E-state index in [1.807, 2.05) is 85.7 Å². The molecule has 111 heavy (non-hydrogen) atoms. The first kappa shape index (κ1) is 64.0. The van der Waals surface area contributed by atoms with Crippen molar-refractivity contribution in [2.45, 2.75) is 0 Å². The first-order valence-corrected chi connectivity index (χ1v) is 39.2. The van der Waals surface area contributed by atoms with Crippen LogP contribution in [0.3, 0.4) is 0 Å². The third-order valence-electron chi connectivity index (χ3n) is 21.2. The van der Waals surface area contributed by atoms with Crippen LogP contribution in [0.5, 0.6) is 0 Å². The lowest BCUT2D eigenvalue weighted by molar-refractivity contribution is 1.08. The van der Waals surface area contributed by atoms with Gasteiger partial charge in [-0.3, -0.25) is 27.4 Å². The van der Waals surface area contributed by atoms with Crippen molar-refractivity contribution in [1.82, 2.24) is 57.3 Å². The summed E-state index contributed by atoms with van der Waals surface area (Å²) in [6, 6.07) is 115. The summed E-state index contributed by atoms with van der Waals surface area (Å²) in [6.45, 7) is 0. The zero-order valence-electron chi connectivity index (χ0n) is 59.2. The molecule has 12 aromatic carbocycles. The molecule has 0 spiro atoms. The van der Waals surface area contributed by atoms with Gasteiger partial charge >= 0.3 is 0 Å². The molecule has 12 aromatic heterocycles. The molecule has 0 radical (unpaired) electrons. The van der Waals surface area contributed by atoms with E-state index in [1.54, 1.807) is 34.0 Å². The summed E-state index contributed by atoms with van der Waals surface area (Å²) >= 11 is 5.16. The fourth-order valence-corrected chi connectivity index (χ4v) is 19.4. The van der Waals surface area contributed by atoms with Crippen molar-refractivity contribution in [3.05, 3.63) is 365 Å². The summed E-state index contributed by atoms with van der Waals surface area (Å²) in [6.07, 6.45) is 11.6. The van der Waals surface area contributed by atoms with E-state index in [2.05, 4.69) is 306 Å². The fraction of sp³-hybridized carbons (Fsp3) is 0. The molecule has 0 aliphatic rings. The highest BCUT2D eigenvalue weighted by Gasteiger charge is 2.26. The average Bonchev–Trinajstić information content (AvgIpc) is 1.56. The topological polar surface area (TPSA) is 107 Å². The lowest BCUT2D eigenvalue weighted by Crippen LogP contribution is -1.96. The Balaban J connectivity index is 0.000000102.